The molecule has 0 spiro atoms. The van der Waals surface area contributed by atoms with Crippen LogP contribution in [0.1, 0.15) is 33.1 Å². The Morgan fingerprint density at radius 2 is 2.18 bits per heavy atom. The second-order valence-corrected chi connectivity index (χ2v) is 5.80. The van der Waals surface area contributed by atoms with Gasteiger partial charge in [0.05, 0.1) is 25.5 Å². The summed E-state index contributed by atoms with van der Waals surface area (Å²) in [6.45, 7) is 4.08. The number of aliphatic imine (C=N–C) groups is 1. The van der Waals surface area contributed by atoms with E-state index in [0.717, 1.165) is 17.6 Å². The number of alkyl halides is 3. The van der Waals surface area contributed by atoms with Crippen LogP contribution < -0.4 is 5.73 Å². The topological polar surface area (TPSA) is 47.6 Å². The van der Waals surface area contributed by atoms with Crippen LogP contribution in [0.4, 0.5) is 13.2 Å². The van der Waals surface area contributed by atoms with E-state index < -0.39 is 12.6 Å². The minimum Gasteiger partial charge on any atom is -0.387 e. The first-order valence-corrected chi connectivity index (χ1v) is 7.49. The number of allylic oxidation sites excluding steroid dienone is 3. The number of nitrogens with zero attached hydrogens (tertiary/aromatic N) is 1. The average molecular weight is 318 g/mol. The Hall–Kier alpha value is -1.30. The van der Waals surface area contributed by atoms with Gasteiger partial charge < -0.3 is 10.5 Å². The lowest BCUT2D eigenvalue weighted by atomic mass is 9.85. The Bertz CT molecular complexity index is 453. The lowest BCUT2D eigenvalue weighted by Gasteiger charge is -2.23. The number of hydrogen-bond acceptors (Lipinski definition) is 2. The van der Waals surface area contributed by atoms with Crippen molar-refractivity contribution in [2.75, 3.05) is 20.3 Å². The van der Waals surface area contributed by atoms with Gasteiger partial charge in [0.25, 0.3) is 0 Å². The zero-order valence-electron chi connectivity index (χ0n) is 13.4. The van der Waals surface area contributed by atoms with Crippen LogP contribution in [-0.4, -0.2) is 32.3 Å². The Morgan fingerprint density at radius 3 is 2.77 bits per heavy atom. The zero-order valence-corrected chi connectivity index (χ0v) is 13.4. The third-order valence-corrected chi connectivity index (χ3v) is 3.86. The SMILES string of the molecule is CN=C(N)C[C@H](C)C1=CC[C@@H](C)C(COCCC(F)(F)F)=C1. The molecule has 1 aliphatic rings. The van der Waals surface area contributed by atoms with E-state index in [9.17, 15) is 13.2 Å². The molecule has 3 nitrogen and oxygen atoms in total. The number of rotatable bonds is 7. The molecule has 0 heterocycles. The van der Waals surface area contributed by atoms with Crippen molar-refractivity contribution in [3.63, 3.8) is 0 Å². The Balaban J connectivity index is 2.56. The average Bonchev–Trinajstić information content (AvgIpc) is 2.43. The molecular weight excluding hydrogens is 293 g/mol. The molecule has 0 aliphatic heterocycles. The monoisotopic (exact) mass is 318 g/mol. The van der Waals surface area contributed by atoms with Gasteiger partial charge in [-0.3, -0.25) is 4.99 Å². The molecule has 0 aromatic carbocycles. The highest BCUT2D eigenvalue weighted by Gasteiger charge is 2.26. The molecule has 126 valence electrons. The molecule has 22 heavy (non-hydrogen) atoms. The molecule has 0 radical (unpaired) electrons. The number of halogens is 3. The van der Waals surface area contributed by atoms with Crippen LogP contribution in [0.15, 0.2) is 28.3 Å². The summed E-state index contributed by atoms with van der Waals surface area (Å²) in [4.78, 5) is 3.96. The molecule has 1 aliphatic carbocycles. The number of amidine groups is 1. The first-order chi connectivity index (χ1) is 10.2. The van der Waals surface area contributed by atoms with Crippen LogP contribution in [-0.2, 0) is 4.74 Å². The predicted octanol–water partition coefficient (Wildman–Crippen LogP) is 3.86. The van der Waals surface area contributed by atoms with Crippen molar-refractivity contribution in [2.24, 2.45) is 22.6 Å². The molecule has 0 unspecified atom stereocenters. The summed E-state index contributed by atoms with van der Waals surface area (Å²) in [6, 6.07) is 0. The number of hydrogen-bond donors (Lipinski definition) is 1. The smallest absolute Gasteiger partial charge is 0.387 e. The molecule has 0 saturated carbocycles. The summed E-state index contributed by atoms with van der Waals surface area (Å²) in [5.74, 6) is 1.13. The van der Waals surface area contributed by atoms with Gasteiger partial charge in [-0.1, -0.05) is 26.0 Å². The Morgan fingerprint density at radius 1 is 1.50 bits per heavy atom. The van der Waals surface area contributed by atoms with E-state index in [1.165, 1.54) is 0 Å². The van der Waals surface area contributed by atoms with Crippen LogP contribution in [0.3, 0.4) is 0 Å². The van der Waals surface area contributed by atoms with Crippen molar-refractivity contribution in [3.05, 3.63) is 23.3 Å². The van der Waals surface area contributed by atoms with Gasteiger partial charge in [0.1, 0.15) is 0 Å². The zero-order chi connectivity index (χ0) is 16.8. The molecule has 0 amide bonds. The van der Waals surface area contributed by atoms with Crippen LogP contribution in [0, 0.1) is 11.8 Å². The van der Waals surface area contributed by atoms with E-state index in [-0.39, 0.29) is 19.1 Å². The first-order valence-electron chi connectivity index (χ1n) is 7.49. The van der Waals surface area contributed by atoms with E-state index >= 15 is 0 Å². The molecule has 2 atom stereocenters. The Labute approximate surface area is 130 Å². The van der Waals surface area contributed by atoms with Crippen LogP contribution in [0.2, 0.25) is 0 Å². The van der Waals surface area contributed by atoms with Gasteiger partial charge in [-0.05, 0) is 29.4 Å². The summed E-state index contributed by atoms with van der Waals surface area (Å²) >= 11 is 0. The van der Waals surface area contributed by atoms with Crippen molar-refractivity contribution in [2.45, 2.75) is 39.3 Å². The predicted molar refractivity (Wildman–Crippen MR) is 82.8 cm³/mol. The largest absolute Gasteiger partial charge is 0.391 e. The maximum absolute atomic E-state index is 12.1. The maximum Gasteiger partial charge on any atom is 0.391 e. The lowest BCUT2D eigenvalue weighted by molar-refractivity contribution is -0.144. The highest BCUT2D eigenvalue weighted by atomic mass is 19.4. The fraction of sp³-hybridized carbons (Fsp3) is 0.688. The van der Waals surface area contributed by atoms with Crippen LogP contribution in [0.25, 0.3) is 0 Å². The van der Waals surface area contributed by atoms with Gasteiger partial charge in [0, 0.05) is 13.5 Å². The van der Waals surface area contributed by atoms with Crippen LogP contribution in [0.5, 0.6) is 0 Å². The molecular formula is C16H25F3N2O. The Kier molecular flexibility index (Phi) is 7.13. The molecule has 0 aromatic heterocycles. The van der Waals surface area contributed by atoms with Crippen molar-refractivity contribution >= 4 is 5.84 Å². The highest BCUT2D eigenvalue weighted by Crippen LogP contribution is 2.29. The summed E-state index contributed by atoms with van der Waals surface area (Å²) in [7, 11) is 1.66. The second kappa shape index (κ2) is 8.36. The summed E-state index contributed by atoms with van der Waals surface area (Å²) in [6.07, 6.45) is 0.681. The van der Waals surface area contributed by atoms with E-state index in [0.29, 0.717) is 18.2 Å². The fourth-order valence-electron chi connectivity index (χ4n) is 2.31. The maximum atomic E-state index is 12.1. The van der Waals surface area contributed by atoms with Gasteiger partial charge in [-0.15, -0.1) is 0 Å². The summed E-state index contributed by atoms with van der Waals surface area (Å²) < 4.78 is 41.5. The standard InChI is InChI=1S/C16H25F3N2O/c1-11-4-5-13(12(2)8-15(20)21-3)9-14(11)10-22-7-6-16(17,18)19/h5,9,11-12H,4,6-8,10H2,1-3H3,(H2,20,21)/t11-,12+/m1/s1. The molecule has 6 heteroatoms. The summed E-state index contributed by atoms with van der Waals surface area (Å²) in [5.41, 5.74) is 7.94. The second-order valence-electron chi connectivity index (χ2n) is 5.80. The van der Waals surface area contributed by atoms with Gasteiger partial charge >= 0.3 is 6.18 Å². The number of ether oxygens (including phenoxy) is 1. The minimum atomic E-state index is -4.16. The highest BCUT2D eigenvalue weighted by molar-refractivity contribution is 5.80. The van der Waals surface area contributed by atoms with E-state index in [1.54, 1.807) is 7.05 Å². The summed E-state index contributed by atoms with van der Waals surface area (Å²) in [5, 5.41) is 0. The van der Waals surface area contributed by atoms with E-state index in [4.69, 9.17) is 10.5 Å². The van der Waals surface area contributed by atoms with Crippen molar-refractivity contribution in [3.8, 4) is 0 Å². The van der Waals surface area contributed by atoms with Gasteiger partial charge in [0.15, 0.2) is 0 Å². The molecule has 1 rings (SSSR count). The van der Waals surface area contributed by atoms with Crippen molar-refractivity contribution < 1.29 is 17.9 Å². The van der Waals surface area contributed by atoms with Gasteiger partial charge in [-0.25, -0.2) is 0 Å². The number of nitrogens with two attached hydrogens (primary N) is 1. The molecule has 0 bridgehead atoms. The first kappa shape index (κ1) is 18.7. The minimum absolute atomic E-state index is 0.237. The molecule has 2 N–H and O–H groups in total. The fourth-order valence-corrected chi connectivity index (χ4v) is 2.31. The van der Waals surface area contributed by atoms with E-state index in [2.05, 4.69) is 24.9 Å². The molecule has 0 aromatic rings. The molecule has 0 fully saturated rings. The van der Waals surface area contributed by atoms with Crippen molar-refractivity contribution in [1.29, 1.82) is 0 Å². The third-order valence-electron chi connectivity index (χ3n) is 3.86. The third kappa shape index (κ3) is 6.64. The van der Waals surface area contributed by atoms with Crippen molar-refractivity contribution in [1.82, 2.24) is 0 Å². The van der Waals surface area contributed by atoms with E-state index in [1.807, 2.05) is 6.08 Å². The molecule has 0 saturated heterocycles. The van der Waals surface area contributed by atoms with Gasteiger partial charge in [-0.2, -0.15) is 13.2 Å². The van der Waals surface area contributed by atoms with Gasteiger partial charge in [0.2, 0.25) is 0 Å². The quantitative estimate of drug-likeness (QED) is 0.440. The normalized spacial score (nSPS) is 21.4. The van der Waals surface area contributed by atoms with Crippen LogP contribution >= 0.6 is 0 Å². The lowest BCUT2D eigenvalue weighted by Crippen LogP contribution is -2.19.